The van der Waals surface area contributed by atoms with E-state index in [1.165, 1.54) is 24.3 Å². The lowest BCUT2D eigenvalue weighted by Gasteiger charge is -2.34. The predicted octanol–water partition coefficient (Wildman–Crippen LogP) is 1.70. The molecule has 1 saturated heterocycles. The maximum atomic E-state index is 13.3. The van der Waals surface area contributed by atoms with Gasteiger partial charge in [-0.05, 0) is 61.6 Å². The molecule has 200 valence electrons. The molecule has 13 heteroatoms. The van der Waals surface area contributed by atoms with Gasteiger partial charge in [0.05, 0.1) is 17.4 Å². The zero-order valence-corrected chi connectivity index (χ0v) is 21.8. The van der Waals surface area contributed by atoms with Crippen LogP contribution in [0.4, 0.5) is 4.39 Å². The Bertz CT molecular complexity index is 1400. The Morgan fingerprint density at radius 1 is 1.16 bits per heavy atom. The van der Waals surface area contributed by atoms with Crippen molar-refractivity contribution in [1.29, 1.82) is 0 Å². The van der Waals surface area contributed by atoms with E-state index in [0.717, 1.165) is 21.0 Å². The number of sulfonamides is 1. The highest BCUT2D eigenvalue weighted by Crippen LogP contribution is 2.33. The molecule has 2 N–H and O–H groups in total. The highest BCUT2D eigenvalue weighted by atomic mass is 32.2. The zero-order valence-electron chi connectivity index (χ0n) is 20.1. The van der Waals surface area contributed by atoms with Gasteiger partial charge in [-0.15, -0.1) is 0 Å². The quantitative estimate of drug-likeness (QED) is 0.475. The normalized spacial score (nSPS) is 20.5. The minimum Gasteiger partial charge on any atom is -0.381 e. The van der Waals surface area contributed by atoms with Gasteiger partial charge < -0.3 is 14.8 Å². The summed E-state index contributed by atoms with van der Waals surface area (Å²) in [6.45, 7) is 2.01. The fraction of sp³-hybridized carbons (Fsp3) is 0.417. The van der Waals surface area contributed by atoms with Gasteiger partial charge in [0.15, 0.2) is 0 Å². The van der Waals surface area contributed by atoms with Gasteiger partial charge in [-0.1, -0.05) is 23.8 Å². The van der Waals surface area contributed by atoms with Crippen molar-refractivity contribution in [3.63, 3.8) is 0 Å². The highest BCUT2D eigenvalue weighted by Gasteiger charge is 2.40. The van der Waals surface area contributed by atoms with Gasteiger partial charge in [0.1, 0.15) is 11.8 Å². The van der Waals surface area contributed by atoms with E-state index in [2.05, 4.69) is 10.6 Å². The van der Waals surface area contributed by atoms with E-state index in [1.807, 2.05) is 6.92 Å². The van der Waals surface area contributed by atoms with Gasteiger partial charge in [-0.25, -0.2) is 12.8 Å². The molecule has 0 saturated carbocycles. The molecule has 1 heterocycles. The molecule has 0 aromatic heterocycles. The molecule has 0 spiro atoms. The fourth-order valence-corrected chi connectivity index (χ4v) is 6.64. The summed E-state index contributed by atoms with van der Waals surface area (Å²) in [6.07, 6.45) is 1.54. The van der Waals surface area contributed by atoms with Crippen LogP contribution in [0.15, 0.2) is 47.4 Å². The number of alkyl halides is 1. The molecular weight excluding hydrogens is 525 g/mol. The van der Waals surface area contributed by atoms with Gasteiger partial charge in [0, 0.05) is 13.1 Å². The number of benzene rings is 2. The Labute approximate surface area is 215 Å². The molecule has 4 rings (SSSR count). The number of halogens is 1. The smallest absolute Gasteiger partial charge is 0.339 e. The number of nitrogens with one attached hydrogen (secondary N) is 2. The topological polar surface area (TPSA) is 139 Å². The van der Waals surface area contributed by atoms with Crippen LogP contribution in [-0.4, -0.2) is 58.1 Å². The van der Waals surface area contributed by atoms with E-state index in [0.29, 0.717) is 19.3 Å². The van der Waals surface area contributed by atoms with Crippen molar-refractivity contribution in [3.8, 4) is 5.75 Å². The van der Waals surface area contributed by atoms with Crippen LogP contribution in [0.1, 0.15) is 42.0 Å². The van der Waals surface area contributed by atoms with E-state index in [9.17, 15) is 30.8 Å². The summed E-state index contributed by atoms with van der Waals surface area (Å²) in [6, 6.07) is 7.53. The first-order valence-electron chi connectivity index (χ1n) is 11.8. The summed E-state index contributed by atoms with van der Waals surface area (Å²) in [5.41, 5.74) is 2.39. The number of carbonyl (C=O) groups is 2. The molecule has 1 aliphatic carbocycles. The average molecular weight is 554 g/mol. The molecule has 1 aliphatic heterocycles. The average Bonchev–Trinajstić information content (AvgIpc) is 2.85. The maximum Gasteiger partial charge on any atom is 0.339 e. The van der Waals surface area contributed by atoms with Crippen LogP contribution in [0.25, 0.3) is 0 Å². The zero-order chi connectivity index (χ0) is 26.8. The number of carbonyl (C=O) groups excluding carboxylic acids is 2. The molecule has 2 atom stereocenters. The number of rotatable bonds is 8. The van der Waals surface area contributed by atoms with Crippen LogP contribution in [0.2, 0.25) is 0 Å². The number of hydrogen-bond acceptors (Lipinski definition) is 7. The lowest BCUT2D eigenvalue weighted by atomic mass is 9.87. The molecule has 1 fully saturated rings. The first kappa shape index (κ1) is 27.0. The largest absolute Gasteiger partial charge is 0.381 e. The number of hydrogen-bond donors (Lipinski definition) is 2. The van der Waals surface area contributed by atoms with E-state index >= 15 is 0 Å². The van der Waals surface area contributed by atoms with Gasteiger partial charge in [-0.2, -0.15) is 12.7 Å². The van der Waals surface area contributed by atoms with Gasteiger partial charge in [0.25, 0.3) is 0 Å². The maximum absolute atomic E-state index is 13.3. The summed E-state index contributed by atoms with van der Waals surface area (Å²) in [7, 11) is -8.33. The molecule has 2 aliphatic rings. The Morgan fingerprint density at radius 3 is 2.59 bits per heavy atom. The van der Waals surface area contributed by atoms with Crippen LogP contribution in [0.5, 0.6) is 5.75 Å². The van der Waals surface area contributed by atoms with Gasteiger partial charge in [0.2, 0.25) is 27.8 Å². The predicted molar refractivity (Wildman–Crippen MR) is 132 cm³/mol. The Hall–Kier alpha value is -3.03. The monoisotopic (exact) mass is 553 g/mol. The second kappa shape index (κ2) is 10.8. The number of fused-ring (bicyclic) bond motifs is 1. The van der Waals surface area contributed by atoms with Crippen LogP contribution in [-0.2, 0) is 36.2 Å². The standard InChI is InChI=1S/C24H28FN3O7S2/c1-16-5-8-19(9-6-16)37(33,34)28-12-11-26-24(30)22(28)14-23(29)27-21-4-2-3-17-13-18(7-10-20(17)21)35-36(31,32)15-25/h5-10,13,21-22H,2-4,11-12,14-15H2,1H3,(H,26,30)(H,27,29)/t21-,22?/m1/s1. The van der Waals surface area contributed by atoms with Crippen LogP contribution < -0.4 is 14.8 Å². The molecule has 2 aromatic rings. The molecule has 1 unspecified atom stereocenters. The summed E-state index contributed by atoms with van der Waals surface area (Å²) in [5, 5.41) is 5.52. The van der Waals surface area contributed by atoms with E-state index in [1.54, 1.807) is 18.2 Å². The third-order valence-electron chi connectivity index (χ3n) is 6.41. The minimum atomic E-state index is -4.32. The number of nitrogens with zero attached hydrogens (tertiary/aromatic N) is 1. The Morgan fingerprint density at radius 2 is 1.89 bits per heavy atom. The molecule has 2 amide bonds. The van der Waals surface area contributed by atoms with Crippen molar-refractivity contribution >= 4 is 32.0 Å². The number of piperazine rings is 1. The molecule has 37 heavy (non-hydrogen) atoms. The van der Waals surface area contributed by atoms with Crippen molar-refractivity contribution in [3.05, 3.63) is 59.2 Å². The van der Waals surface area contributed by atoms with Crippen molar-refractivity contribution in [1.82, 2.24) is 14.9 Å². The van der Waals surface area contributed by atoms with Gasteiger partial charge in [-0.3, -0.25) is 9.59 Å². The lowest BCUT2D eigenvalue weighted by Crippen LogP contribution is -2.58. The number of amides is 2. The van der Waals surface area contributed by atoms with Crippen molar-refractivity contribution in [2.75, 3.05) is 19.1 Å². The van der Waals surface area contributed by atoms with Crippen molar-refractivity contribution < 1.29 is 35.0 Å². The molecule has 0 bridgehead atoms. The minimum absolute atomic E-state index is 0.0146. The molecule has 10 nitrogen and oxygen atoms in total. The molecular formula is C24H28FN3O7S2. The van der Waals surface area contributed by atoms with Gasteiger partial charge >= 0.3 is 10.1 Å². The van der Waals surface area contributed by atoms with E-state index < -0.39 is 50.0 Å². The van der Waals surface area contributed by atoms with Crippen molar-refractivity contribution in [2.24, 2.45) is 0 Å². The third kappa shape index (κ3) is 6.11. The Kier molecular flexibility index (Phi) is 7.85. The summed E-state index contributed by atoms with van der Waals surface area (Å²) in [4.78, 5) is 25.7. The van der Waals surface area contributed by atoms with Crippen molar-refractivity contribution in [2.45, 2.75) is 49.6 Å². The van der Waals surface area contributed by atoms with E-state index in [-0.39, 0.29) is 30.2 Å². The molecule has 0 radical (unpaired) electrons. The first-order valence-corrected chi connectivity index (χ1v) is 14.8. The van der Waals surface area contributed by atoms with Crippen LogP contribution >= 0.6 is 0 Å². The lowest BCUT2D eigenvalue weighted by molar-refractivity contribution is -0.132. The second-order valence-electron chi connectivity index (χ2n) is 9.06. The third-order valence-corrected chi connectivity index (χ3v) is 9.04. The summed E-state index contributed by atoms with van der Waals surface area (Å²) < 4.78 is 67.8. The summed E-state index contributed by atoms with van der Waals surface area (Å²) >= 11 is 0. The SMILES string of the molecule is Cc1ccc(S(=O)(=O)N2CCNC(=O)C2CC(=O)N[C@@H]2CCCc3cc(OS(=O)(=O)CF)ccc32)cc1. The molecule has 2 aromatic carbocycles. The second-order valence-corrected chi connectivity index (χ2v) is 12.5. The fourth-order valence-electron chi connectivity index (χ4n) is 4.61. The number of aryl methyl sites for hydroxylation is 2. The summed E-state index contributed by atoms with van der Waals surface area (Å²) in [5.74, 6) is -1.06. The van der Waals surface area contributed by atoms with E-state index in [4.69, 9.17) is 4.18 Å². The highest BCUT2D eigenvalue weighted by molar-refractivity contribution is 7.89. The van der Waals surface area contributed by atoms with Crippen LogP contribution in [0.3, 0.4) is 0 Å². The first-order chi connectivity index (χ1) is 17.5. The Balaban J connectivity index is 1.50. The van der Waals surface area contributed by atoms with Crippen LogP contribution in [0, 0.1) is 6.92 Å².